The van der Waals surface area contributed by atoms with Crippen molar-refractivity contribution in [3.63, 3.8) is 0 Å². The van der Waals surface area contributed by atoms with Crippen LogP contribution in [0.5, 0.6) is 0 Å². The Morgan fingerprint density at radius 3 is 2.25 bits per heavy atom. The topological polar surface area (TPSA) is 59.2 Å². The smallest absolute Gasteiger partial charge is 0.259 e. The fourth-order valence-electron chi connectivity index (χ4n) is 3.30. The molecule has 5 nitrogen and oxygen atoms in total. The number of rotatable bonds is 3. The normalized spacial score (nSPS) is 15.0. The molecule has 0 bridgehead atoms. The van der Waals surface area contributed by atoms with Gasteiger partial charge in [-0.1, -0.05) is 6.07 Å². The Labute approximate surface area is 158 Å². The van der Waals surface area contributed by atoms with Crippen molar-refractivity contribution in [3.8, 4) is 11.5 Å². The maximum atomic E-state index is 13.8. The second kappa shape index (κ2) is 7.46. The van der Waals surface area contributed by atoms with E-state index in [0.29, 0.717) is 43.3 Å². The number of halogens is 3. The highest BCUT2D eigenvalue weighted by Gasteiger charge is 2.30. The number of hydrogen-bond acceptors (Lipinski definition) is 4. The molecular weight excluding hydrogens is 371 g/mol. The van der Waals surface area contributed by atoms with Crippen molar-refractivity contribution in [1.82, 2.24) is 15.1 Å². The summed E-state index contributed by atoms with van der Waals surface area (Å²) in [5, 5.41) is 8.06. The van der Waals surface area contributed by atoms with Crippen LogP contribution in [0.4, 0.5) is 13.2 Å². The van der Waals surface area contributed by atoms with E-state index in [1.165, 1.54) is 23.1 Å². The van der Waals surface area contributed by atoms with E-state index in [1.807, 2.05) is 0 Å². The van der Waals surface area contributed by atoms with Gasteiger partial charge >= 0.3 is 0 Å². The number of aromatic nitrogens is 2. The largest absolute Gasteiger partial charge is 0.420 e. The average molecular weight is 387 g/mol. The van der Waals surface area contributed by atoms with E-state index >= 15 is 0 Å². The molecule has 1 aliphatic rings. The standard InChI is InChI=1S/C20H16F3N3O2/c21-14-6-4-12(5-7-14)18-24-25-19(28-18)13-8-10-26(11-9-13)20(27)17-15(22)2-1-3-16(17)23/h1-7,13H,8-11H2. The predicted molar refractivity (Wildman–Crippen MR) is 93.9 cm³/mol. The molecule has 1 saturated heterocycles. The number of nitrogens with zero attached hydrogens (tertiary/aromatic N) is 3. The molecule has 1 fully saturated rings. The molecule has 1 amide bonds. The molecule has 0 atom stereocenters. The Kier molecular flexibility index (Phi) is 4.85. The molecule has 0 saturated carbocycles. The van der Waals surface area contributed by atoms with Gasteiger partial charge in [0.1, 0.15) is 23.0 Å². The summed E-state index contributed by atoms with van der Waals surface area (Å²) < 4.78 is 46.4. The predicted octanol–water partition coefficient (Wildman–Crippen LogP) is 4.17. The first-order valence-electron chi connectivity index (χ1n) is 8.85. The molecule has 144 valence electrons. The minimum atomic E-state index is -0.868. The van der Waals surface area contributed by atoms with Crippen LogP contribution >= 0.6 is 0 Å². The van der Waals surface area contributed by atoms with E-state index in [4.69, 9.17) is 4.42 Å². The van der Waals surface area contributed by atoms with Gasteiger partial charge in [-0.05, 0) is 49.2 Å². The maximum absolute atomic E-state index is 13.8. The zero-order valence-electron chi connectivity index (χ0n) is 14.7. The summed E-state index contributed by atoms with van der Waals surface area (Å²) in [4.78, 5) is 13.9. The first kappa shape index (κ1) is 18.2. The van der Waals surface area contributed by atoms with Crippen molar-refractivity contribution in [2.45, 2.75) is 18.8 Å². The Hall–Kier alpha value is -3.16. The molecule has 28 heavy (non-hydrogen) atoms. The van der Waals surface area contributed by atoms with E-state index < -0.39 is 23.1 Å². The van der Waals surface area contributed by atoms with Gasteiger partial charge in [-0.2, -0.15) is 0 Å². The SMILES string of the molecule is O=C(c1c(F)cccc1F)N1CCC(c2nnc(-c3ccc(F)cc3)o2)CC1. The average Bonchev–Trinajstić information content (AvgIpc) is 3.18. The highest BCUT2D eigenvalue weighted by atomic mass is 19.1. The van der Waals surface area contributed by atoms with Gasteiger partial charge in [0.05, 0.1) is 0 Å². The highest BCUT2D eigenvalue weighted by Crippen LogP contribution is 2.30. The fourth-order valence-corrected chi connectivity index (χ4v) is 3.30. The zero-order valence-corrected chi connectivity index (χ0v) is 14.7. The Balaban J connectivity index is 1.43. The van der Waals surface area contributed by atoms with E-state index in [-0.39, 0.29) is 11.7 Å². The number of likely N-dealkylation sites (tertiary alicyclic amines) is 1. The van der Waals surface area contributed by atoms with Crippen LogP contribution in [0.3, 0.4) is 0 Å². The molecule has 8 heteroatoms. The molecular formula is C20H16F3N3O2. The van der Waals surface area contributed by atoms with Gasteiger partial charge in [0.15, 0.2) is 0 Å². The molecule has 1 aliphatic heterocycles. The third-order valence-electron chi connectivity index (χ3n) is 4.84. The number of amides is 1. The van der Waals surface area contributed by atoms with Crippen molar-refractivity contribution < 1.29 is 22.4 Å². The lowest BCUT2D eigenvalue weighted by Gasteiger charge is -2.30. The summed E-state index contributed by atoms with van der Waals surface area (Å²) in [5.41, 5.74) is 0.0835. The van der Waals surface area contributed by atoms with Crippen LogP contribution in [0.15, 0.2) is 46.9 Å². The van der Waals surface area contributed by atoms with E-state index in [2.05, 4.69) is 10.2 Å². The number of piperidine rings is 1. The van der Waals surface area contributed by atoms with Crippen LogP contribution in [-0.4, -0.2) is 34.1 Å². The maximum Gasteiger partial charge on any atom is 0.259 e. The van der Waals surface area contributed by atoms with Crippen LogP contribution in [0, 0.1) is 17.5 Å². The summed E-state index contributed by atoms with van der Waals surface area (Å²) in [6.07, 6.45) is 1.07. The monoisotopic (exact) mass is 387 g/mol. The lowest BCUT2D eigenvalue weighted by Crippen LogP contribution is -2.38. The highest BCUT2D eigenvalue weighted by molar-refractivity contribution is 5.94. The number of hydrogen-bond donors (Lipinski definition) is 0. The van der Waals surface area contributed by atoms with Crippen LogP contribution < -0.4 is 0 Å². The molecule has 2 aromatic carbocycles. The first-order chi connectivity index (χ1) is 13.5. The fraction of sp³-hybridized carbons (Fsp3) is 0.250. The lowest BCUT2D eigenvalue weighted by atomic mass is 9.96. The molecule has 0 radical (unpaired) electrons. The second-order valence-electron chi connectivity index (χ2n) is 6.62. The molecule has 1 aromatic heterocycles. The number of benzene rings is 2. The Bertz CT molecular complexity index is 976. The summed E-state index contributed by atoms with van der Waals surface area (Å²) in [6.45, 7) is 0.650. The lowest BCUT2D eigenvalue weighted by molar-refractivity contribution is 0.0696. The van der Waals surface area contributed by atoms with Gasteiger partial charge in [-0.3, -0.25) is 4.79 Å². The Morgan fingerprint density at radius 2 is 1.61 bits per heavy atom. The summed E-state index contributed by atoms with van der Waals surface area (Å²) in [5.74, 6) is -2.08. The molecule has 0 N–H and O–H groups in total. The van der Waals surface area contributed by atoms with E-state index in [0.717, 1.165) is 12.1 Å². The minimum absolute atomic E-state index is 0.0591. The number of carbonyl (C=O) groups excluding carboxylic acids is 1. The second-order valence-corrected chi connectivity index (χ2v) is 6.62. The molecule has 0 unspecified atom stereocenters. The first-order valence-corrected chi connectivity index (χ1v) is 8.85. The van der Waals surface area contributed by atoms with Gasteiger partial charge in [0, 0.05) is 24.6 Å². The quantitative estimate of drug-likeness (QED) is 0.677. The van der Waals surface area contributed by atoms with Gasteiger partial charge in [-0.15, -0.1) is 10.2 Å². The molecule has 2 heterocycles. The zero-order chi connectivity index (χ0) is 19.7. The van der Waals surface area contributed by atoms with Crippen molar-refractivity contribution in [1.29, 1.82) is 0 Å². The molecule has 0 aliphatic carbocycles. The molecule has 3 aromatic rings. The Morgan fingerprint density at radius 1 is 0.964 bits per heavy atom. The van der Waals surface area contributed by atoms with Gasteiger partial charge in [0.2, 0.25) is 11.8 Å². The summed E-state index contributed by atoms with van der Waals surface area (Å²) >= 11 is 0. The van der Waals surface area contributed by atoms with Gasteiger partial charge in [0.25, 0.3) is 5.91 Å². The van der Waals surface area contributed by atoms with Crippen molar-refractivity contribution in [2.75, 3.05) is 13.1 Å². The number of carbonyl (C=O) groups is 1. The summed E-state index contributed by atoms with van der Waals surface area (Å²) in [6, 6.07) is 9.09. The van der Waals surface area contributed by atoms with Gasteiger partial charge in [-0.25, -0.2) is 13.2 Å². The van der Waals surface area contributed by atoms with Crippen LogP contribution in [0.2, 0.25) is 0 Å². The van der Waals surface area contributed by atoms with Crippen molar-refractivity contribution in [3.05, 3.63) is 71.4 Å². The van der Waals surface area contributed by atoms with Crippen LogP contribution in [0.1, 0.15) is 35.0 Å². The third-order valence-corrected chi connectivity index (χ3v) is 4.84. The van der Waals surface area contributed by atoms with E-state index in [9.17, 15) is 18.0 Å². The van der Waals surface area contributed by atoms with Crippen molar-refractivity contribution >= 4 is 5.91 Å². The van der Waals surface area contributed by atoms with Gasteiger partial charge < -0.3 is 9.32 Å². The van der Waals surface area contributed by atoms with E-state index in [1.54, 1.807) is 12.1 Å². The minimum Gasteiger partial charge on any atom is -0.420 e. The summed E-state index contributed by atoms with van der Waals surface area (Å²) in [7, 11) is 0. The van der Waals surface area contributed by atoms with Crippen molar-refractivity contribution in [2.24, 2.45) is 0 Å². The third kappa shape index (κ3) is 3.49. The molecule has 0 spiro atoms. The van der Waals surface area contributed by atoms with Crippen LogP contribution in [-0.2, 0) is 0 Å². The molecule has 4 rings (SSSR count). The van der Waals surface area contributed by atoms with Crippen LogP contribution in [0.25, 0.3) is 11.5 Å².